The van der Waals surface area contributed by atoms with Gasteiger partial charge in [-0.3, -0.25) is 4.79 Å². The molecule has 0 aromatic carbocycles. The molecule has 0 atom stereocenters. The van der Waals surface area contributed by atoms with Gasteiger partial charge in [-0.25, -0.2) is 4.79 Å². The van der Waals surface area contributed by atoms with Crippen molar-refractivity contribution < 1.29 is 19.1 Å². The van der Waals surface area contributed by atoms with Crippen molar-refractivity contribution in [1.82, 2.24) is 5.32 Å². The molecule has 0 unspecified atom stereocenters. The molecule has 0 saturated heterocycles. The van der Waals surface area contributed by atoms with E-state index in [1.165, 1.54) is 0 Å². The Morgan fingerprint density at radius 2 is 1.94 bits per heavy atom. The summed E-state index contributed by atoms with van der Waals surface area (Å²) in [5, 5.41) is 2.75. The molecule has 1 saturated carbocycles. The van der Waals surface area contributed by atoms with Crippen LogP contribution in [0, 0.1) is 0 Å². The average molecular weight is 275 g/mol. The number of rotatable bonds is 5. The van der Waals surface area contributed by atoms with Crippen LogP contribution in [0.1, 0.15) is 40.0 Å². The van der Waals surface area contributed by atoms with Crippen molar-refractivity contribution in [3.63, 3.8) is 0 Å². The lowest BCUT2D eigenvalue weighted by Gasteiger charge is -2.23. The molecule has 6 heteroatoms. The van der Waals surface area contributed by atoms with Gasteiger partial charge in [-0.2, -0.15) is 12.6 Å². The zero-order valence-electron chi connectivity index (χ0n) is 11.1. The van der Waals surface area contributed by atoms with Crippen molar-refractivity contribution in [2.75, 3.05) is 12.4 Å². The van der Waals surface area contributed by atoms with Gasteiger partial charge in [0.25, 0.3) is 0 Å². The number of amides is 1. The number of carbonyl (C=O) groups excluding carboxylic acids is 2. The van der Waals surface area contributed by atoms with E-state index in [0.29, 0.717) is 12.4 Å². The standard InChI is InChI=1S/C12H21NO4S/c1-11(2,3)17-10(15)13-12(4-5-12)8-9(14)16-6-7-18/h18H,4-8H2,1-3H3,(H,13,15). The van der Waals surface area contributed by atoms with E-state index in [1.54, 1.807) is 20.8 Å². The van der Waals surface area contributed by atoms with Gasteiger partial charge in [-0.05, 0) is 33.6 Å². The van der Waals surface area contributed by atoms with Gasteiger partial charge < -0.3 is 14.8 Å². The highest BCUT2D eigenvalue weighted by Gasteiger charge is 2.47. The van der Waals surface area contributed by atoms with Crippen LogP contribution in [0.25, 0.3) is 0 Å². The summed E-state index contributed by atoms with van der Waals surface area (Å²) in [5.41, 5.74) is -0.997. The minimum Gasteiger partial charge on any atom is -0.465 e. The predicted molar refractivity (Wildman–Crippen MR) is 70.8 cm³/mol. The highest BCUT2D eigenvalue weighted by Crippen LogP contribution is 2.39. The van der Waals surface area contributed by atoms with Gasteiger partial charge in [-0.15, -0.1) is 0 Å². The van der Waals surface area contributed by atoms with Gasteiger partial charge in [0.05, 0.1) is 12.0 Å². The maximum Gasteiger partial charge on any atom is 0.408 e. The van der Waals surface area contributed by atoms with Gasteiger partial charge in [-0.1, -0.05) is 0 Å². The maximum atomic E-state index is 11.6. The second-order valence-corrected chi connectivity index (χ2v) is 5.98. The molecule has 1 N–H and O–H groups in total. The summed E-state index contributed by atoms with van der Waals surface area (Å²) >= 11 is 3.96. The summed E-state index contributed by atoms with van der Waals surface area (Å²) in [5.74, 6) is 0.190. The minimum absolute atomic E-state index is 0.194. The van der Waals surface area contributed by atoms with E-state index in [4.69, 9.17) is 9.47 Å². The third kappa shape index (κ3) is 5.62. The third-order valence-electron chi connectivity index (χ3n) is 2.46. The fraction of sp³-hybridized carbons (Fsp3) is 0.833. The van der Waals surface area contributed by atoms with Gasteiger partial charge in [0, 0.05) is 5.75 Å². The molecular weight excluding hydrogens is 254 g/mol. The summed E-state index contributed by atoms with van der Waals surface area (Å²) in [6, 6.07) is 0. The van der Waals surface area contributed by atoms with Crippen LogP contribution < -0.4 is 5.32 Å². The van der Waals surface area contributed by atoms with Crippen molar-refractivity contribution in [2.45, 2.75) is 51.2 Å². The number of esters is 1. The molecule has 0 radical (unpaired) electrons. The smallest absolute Gasteiger partial charge is 0.408 e. The van der Waals surface area contributed by atoms with E-state index in [2.05, 4.69) is 17.9 Å². The van der Waals surface area contributed by atoms with Crippen LogP contribution in [-0.4, -0.2) is 35.6 Å². The summed E-state index contributed by atoms with van der Waals surface area (Å²) in [4.78, 5) is 23.1. The van der Waals surface area contributed by atoms with Crippen molar-refractivity contribution in [3.8, 4) is 0 Å². The molecule has 0 spiro atoms. The largest absolute Gasteiger partial charge is 0.465 e. The first-order valence-corrected chi connectivity index (χ1v) is 6.67. The van der Waals surface area contributed by atoms with E-state index in [0.717, 1.165) is 12.8 Å². The normalized spacial score (nSPS) is 16.9. The van der Waals surface area contributed by atoms with Gasteiger partial charge in [0.1, 0.15) is 12.2 Å². The van der Waals surface area contributed by atoms with Crippen molar-refractivity contribution in [2.24, 2.45) is 0 Å². The highest BCUT2D eigenvalue weighted by atomic mass is 32.1. The van der Waals surface area contributed by atoms with Crippen LogP contribution in [0.4, 0.5) is 4.79 Å². The van der Waals surface area contributed by atoms with E-state index in [9.17, 15) is 9.59 Å². The molecule has 0 aromatic heterocycles. The SMILES string of the molecule is CC(C)(C)OC(=O)NC1(CC(=O)OCCS)CC1. The lowest BCUT2D eigenvalue weighted by Crippen LogP contribution is -2.42. The molecule has 1 rings (SSSR count). The highest BCUT2D eigenvalue weighted by molar-refractivity contribution is 7.80. The van der Waals surface area contributed by atoms with Crippen LogP contribution in [-0.2, 0) is 14.3 Å². The fourth-order valence-corrected chi connectivity index (χ4v) is 1.60. The molecule has 0 aromatic rings. The van der Waals surface area contributed by atoms with Crippen molar-refractivity contribution in [3.05, 3.63) is 0 Å². The zero-order valence-corrected chi connectivity index (χ0v) is 12.0. The minimum atomic E-state index is -0.535. The maximum absolute atomic E-state index is 11.6. The molecule has 0 aliphatic heterocycles. The number of carbonyl (C=O) groups is 2. The number of thiol groups is 1. The molecule has 104 valence electrons. The predicted octanol–water partition coefficient (Wildman–Crippen LogP) is 1.91. The summed E-state index contributed by atoms with van der Waals surface area (Å²) in [6.45, 7) is 5.69. The summed E-state index contributed by atoms with van der Waals surface area (Å²) < 4.78 is 10.1. The van der Waals surface area contributed by atoms with Gasteiger partial charge in [0.15, 0.2) is 0 Å². The number of alkyl carbamates (subject to hydrolysis) is 1. The van der Waals surface area contributed by atoms with Crippen LogP contribution in [0.15, 0.2) is 0 Å². The average Bonchev–Trinajstić information content (AvgIpc) is 2.91. The monoisotopic (exact) mass is 275 g/mol. The Morgan fingerprint density at radius 3 is 2.39 bits per heavy atom. The second-order valence-electron chi connectivity index (χ2n) is 5.53. The molecule has 1 aliphatic carbocycles. The second kappa shape index (κ2) is 5.82. The lowest BCUT2D eigenvalue weighted by atomic mass is 10.2. The van der Waals surface area contributed by atoms with E-state index in [1.807, 2.05) is 0 Å². The number of hydrogen-bond acceptors (Lipinski definition) is 5. The Labute approximate surface area is 113 Å². The molecule has 18 heavy (non-hydrogen) atoms. The number of ether oxygens (including phenoxy) is 2. The Morgan fingerprint density at radius 1 is 1.33 bits per heavy atom. The molecule has 1 aliphatic rings. The summed E-state index contributed by atoms with van der Waals surface area (Å²) in [6.07, 6.45) is 1.27. The third-order valence-corrected chi connectivity index (χ3v) is 2.64. The Hall–Kier alpha value is -0.910. The number of hydrogen-bond donors (Lipinski definition) is 2. The molecule has 0 heterocycles. The number of nitrogens with one attached hydrogen (secondary N) is 1. The first-order valence-electron chi connectivity index (χ1n) is 6.04. The van der Waals surface area contributed by atoms with Crippen LogP contribution >= 0.6 is 12.6 Å². The first kappa shape index (κ1) is 15.1. The summed E-state index contributed by atoms with van der Waals surface area (Å²) in [7, 11) is 0. The van der Waals surface area contributed by atoms with Crippen LogP contribution in [0.5, 0.6) is 0 Å². The van der Waals surface area contributed by atoms with Crippen molar-refractivity contribution in [1.29, 1.82) is 0 Å². The molecule has 1 fully saturated rings. The van der Waals surface area contributed by atoms with E-state index < -0.39 is 17.2 Å². The molecule has 5 nitrogen and oxygen atoms in total. The molecule has 0 bridgehead atoms. The topological polar surface area (TPSA) is 64.6 Å². The lowest BCUT2D eigenvalue weighted by molar-refractivity contribution is -0.143. The molecular formula is C12H21NO4S. The van der Waals surface area contributed by atoms with Crippen LogP contribution in [0.3, 0.4) is 0 Å². The van der Waals surface area contributed by atoms with Crippen molar-refractivity contribution >= 4 is 24.7 Å². The van der Waals surface area contributed by atoms with E-state index >= 15 is 0 Å². The van der Waals surface area contributed by atoms with Crippen LogP contribution in [0.2, 0.25) is 0 Å². The fourth-order valence-electron chi connectivity index (χ4n) is 1.50. The Balaban J connectivity index is 2.37. The van der Waals surface area contributed by atoms with Gasteiger partial charge >= 0.3 is 12.1 Å². The Bertz CT molecular complexity index is 321. The molecule has 1 amide bonds. The quantitative estimate of drug-likeness (QED) is 0.594. The Kier molecular flexibility index (Phi) is 4.90. The van der Waals surface area contributed by atoms with E-state index in [-0.39, 0.29) is 12.4 Å². The first-order chi connectivity index (χ1) is 8.26. The zero-order chi connectivity index (χ0) is 13.8. The van der Waals surface area contributed by atoms with Gasteiger partial charge in [0.2, 0.25) is 0 Å².